The van der Waals surface area contributed by atoms with Crippen LogP contribution in [-0.2, 0) is 9.59 Å². The molecule has 4 nitrogen and oxygen atoms in total. The van der Waals surface area contributed by atoms with Crippen LogP contribution in [0.3, 0.4) is 0 Å². The molecule has 1 rings (SSSR count). The zero-order valence-corrected chi connectivity index (χ0v) is 15.7. The summed E-state index contributed by atoms with van der Waals surface area (Å²) in [6.45, 7) is 6.78. The van der Waals surface area contributed by atoms with E-state index in [9.17, 15) is 9.59 Å². The number of ketones is 1. The number of hydrogen-bond acceptors (Lipinski definition) is 3. The third-order valence-electron chi connectivity index (χ3n) is 4.71. The highest BCUT2D eigenvalue weighted by Gasteiger charge is 2.13. The van der Waals surface area contributed by atoms with Crippen LogP contribution >= 0.6 is 0 Å². The van der Waals surface area contributed by atoms with E-state index in [0.29, 0.717) is 25.0 Å². The van der Waals surface area contributed by atoms with Gasteiger partial charge in [-0.15, -0.1) is 6.58 Å². The Hall–Kier alpha value is -1.84. The Labute approximate surface area is 152 Å². The molecule has 140 valence electrons. The lowest BCUT2D eigenvalue weighted by Crippen LogP contribution is -2.19. The summed E-state index contributed by atoms with van der Waals surface area (Å²) in [6.07, 6.45) is 15.1. The van der Waals surface area contributed by atoms with Crippen molar-refractivity contribution in [3.8, 4) is 0 Å². The number of carbonyl (C=O) groups excluding carboxylic acids is 2. The van der Waals surface area contributed by atoms with Crippen LogP contribution in [-0.4, -0.2) is 18.2 Å². The summed E-state index contributed by atoms with van der Waals surface area (Å²) < 4.78 is 0. The van der Waals surface area contributed by atoms with Crippen LogP contribution in [0.15, 0.2) is 36.1 Å². The van der Waals surface area contributed by atoms with E-state index in [2.05, 4.69) is 24.0 Å². The molecule has 25 heavy (non-hydrogen) atoms. The average Bonchev–Trinajstić information content (AvgIpc) is 2.62. The number of nitrogens with one attached hydrogen (secondary N) is 1. The van der Waals surface area contributed by atoms with Gasteiger partial charge >= 0.3 is 0 Å². The fourth-order valence-electron chi connectivity index (χ4n) is 3.06. The molecule has 0 spiro atoms. The number of Topliss-reactive ketones (excluding diaryl/α,β-unsaturated/α-hetero) is 1. The van der Waals surface area contributed by atoms with Crippen molar-refractivity contribution in [2.75, 3.05) is 6.54 Å². The molecule has 0 radical (unpaired) electrons. The standard InChI is InChI=1S/C21H34N2O2/c1-3-17(13-14-21(22)25)16-18-10-7-8-12-20(18)23-15-9-5-6-11-19(24)4-2/h3,7,10,17,23H,1,4-6,8-9,11-16H2,2H3,(H2,22,25). The first-order valence-corrected chi connectivity index (χ1v) is 9.61. The average molecular weight is 347 g/mol. The van der Waals surface area contributed by atoms with Gasteiger partial charge in [0.2, 0.25) is 5.91 Å². The van der Waals surface area contributed by atoms with Gasteiger partial charge in [0.25, 0.3) is 0 Å². The van der Waals surface area contributed by atoms with Gasteiger partial charge in [0.15, 0.2) is 0 Å². The Morgan fingerprint density at radius 3 is 2.80 bits per heavy atom. The fraction of sp³-hybridized carbons (Fsp3) is 0.619. The molecule has 3 N–H and O–H groups in total. The summed E-state index contributed by atoms with van der Waals surface area (Å²) in [5.41, 5.74) is 7.90. The van der Waals surface area contributed by atoms with Gasteiger partial charge < -0.3 is 11.1 Å². The van der Waals surface area contributed by atoms with Gasteiger partial charge in [-0.05, 0) is 50.0 Å². The number of amides is 1. The smallest absolute Gasteiger partial charge is 0.217 e. The second-order valence-corrected chi connectivity index (χ2v) is 6.78. The van der Waals surface area contributed by atoms with E-state index >= 15 is 0 Å². The van der Waals surface area contributed by atoms with Crippen LogP contribution in [0.1, 0.15) is 71.1 Å². The van der Waals surface area contributed by atoms with Crippen LogP contribution in [0.5, 0.6) is 0 Å². The zero-order chi connectivity index (χ0) is 18.5. The molecule has 0 saturated heterocycles. The third-order valence-corrected chi connectivity index (χ3v) is 4.71. The molecule has 4 heteroatoms. The predicted octanol–water partition coefficient (Wildman–Crippen LogP) is 4.18. The maximum absolute atomic E-state index is 11.3. The molecule has 0 aromatic heterocycles. The summed E-state index contributed by atoms with van der Waals surface area (Å²) in [7, 11) is 0. The van der Waals surface area contributed by atoms with Crippen molar-refractivity contribution < 1.29 is 9.59 Å². The van der Waals surface area contributed by atoms with Gasteiger partial charge in [-0.1, -0.05) is 31.6 Å². The highest BCUT2D eigenvalue weighted by molar-refractivity contribution is 5.77. The van der Waals surface area contributed by atoms with Crippen LogP contribution in [0.2, 0.25) is 0 Å². The highest BCUT2D eigenvalue weighted by atomic mass is 16.1. The molecule has 0 bridgehead atoms. The minimum absolute atomic E-state index is 0.250. The SMILES string of the molecule is C=CC(CCC(N)=O)CC1=C(NCCCCCC(=O)CC)CCC=C1. The fourth-order valence-corrected chi connectivity index (χ4v) is 3.06. The number of hydrogen-bond donors (Lipinski definition) is 2. The van der Waals surface area contributed by atoms with Crippen molar-refractivity contribution in [1.82, 2.24) is 5.32 Å². The van der Waals surface area contributed by atoms with Crippen molar-refractivity contribution in [3.63, 3.8) is 0 Å². The molecular formula is C21H34N2O2. The number of carbonyl (C=O) groups is 2. The van der Waals surface area contributed by atoms with Crippen molar-refractivity contribution in [2.45, 2.75) is 71.1 Å². The Bertz CT molecular complexity index is 506. The minimum Gasteiger partial charge on any atom is -0.388 e. The Morgan fingerprint density at radius 1 is 1.32 bits per heavy atom. The van der Waals surface area contributed by atoms with E-state index in [1.165, 1.54) is 11.3 Å². The van der Waals surface area contributed by atoms with Crippen LogP contribution in [0, 0.1) is 5.92 Å². The van der Waals surface area contributed by atoms with Gasteiger partial charge in [-0.3, -0.25) is 9.59 Å². The van der Waals surface area contributed by atoms with Gasteiger partial charge in [0, 0.05) is 31.5 Å². The first-order chi connectivity index (χ1) is 12.1. The second-order valence-electron chi connectivity index (χ2n) is 6.78. The molecule has 1 amide bonds. The van der Waals surface area contributed by atoms with Crippen molar-refractivity contribution >= 4 is 11.7 Å². The number of unbranched alkanes of at least 4 members (excludes halogenated alkanes) is 2. The minimum atomic E-state index is -0.250. The number of allylic oxidation sites excluding steroid dienone is 5. The van der Waals surface area contributed by atoms with E-state index in [1.807, 2.05) is 13.0 Å². The monoisotopic (exact) mass is 346 g/mol. The molecule has 1 aliphatic rings. The first-order valence-electron chi connectivity index (χ1n) is 9.61. The molecule has 1 atom stereocenters. The lowest BCUT2D eigenvalue weighted by molar-refractivity contribution is -0.119. The Morgan fingerprint density at radius 2 is 2.12 bits per heavy atom. The number of rotatable bonds is 14. The Balaban J connectivity index is 2.42. The molecule has 0 heterocycles. The van der Waals surface area contributed by atoms with E-state index in [4.69, 9.17) is 5.73 Å². The van der Waals surface area contributed by atoms with Crippen LogP contribution in [0.25, 0.3) is 0 Å². The summed E-state index contributed by atoms with van der Waals surface area (Å²) in [4.78, 5) is 22.3. The molecule has 0 aromatic carbocycles. The van der Waals surface area contributed by atoms with Gasteiger partial charge in [0.1, 0.15) is 5.78 Å². The molecule has 1 aliphatic carbocycles. The Kier molecular flexibility index (Phi) is 10.6. The molecule has 1 unspecified atom stereocenters. The molecule has 0 saturated carbocycles. The zero-order valence-electron chi connectivity index (χ0n) is 15.7. The molecule has 0 aromatic rings. The summed E-state index contributed by atoms with van der Waals surface area (Å²) in [5.74, 6) is 0.392. The summed E-state index contributed by atoms with van der Waals surface area (Å²) in [5, 5.41) is 3.59. The lowest BCUT2D eigenvalue weighted by Gasteiger charge is -2.21. The molecule has 0 aliphatic heterocycles. The normalized spacial score (nSPS) is 15.1. The lowest BCUT2D eigenvalue weighted by atomic mass is 9.90. The quantitative estimate of drug-likeness (QED) is 0.366. The first kappa shape index (κ1) is 21.2. The van der Waals surface area contributed by atoms with Crippen LogP contribution in [0.4, 0.5) is 0 Å². The number of primary amides is 1. The van der Waals surface area contributed by atoms with Gasteiger partial charge in [-0.25, -0.2) is 0 Å². The van der Waals surface area contributed by atoms with E-state index in [0.717, 1.165) is 51.5 Å². The van der Waals surface area contributed by atoms with Crippen molar-refractivity contribution in [1.29, 1.82) is 0 Å². The molecule has 0 fully saturated rings. The van der Waals surface area contributed by atoms with Gasteiger partial charge in [0.05, 0.1) is 0 Å². The maximum Gasteiger partial charge on any atom is 0.217 e. The van der Waals surface area contributed by atoms with Gasteiger partial charge in [-0.2, -0.15) is 0 Å². The predicted molar refractivity (Wildman–Crippen MR) is 104 cm³/mol. The second kappa shape index (κ2) is 12.5. The van der Waals surface area contributed by atoms with Crippen molar-refractivity contribution in [2.24, 2.45) is 11.7 Å². The summed E-state index contributed by atoms with van der Waals surface area (Å²) >= 11 is 0. The molecular weight excluding hydrogens is 312 g/mol. The highest BCUT2D eigenvalue weighted by Crippen LogP contribution is 2.26. The topological polar surface area (TPSA) is 72.2 Å². The largest absolute Gasteiger partial charge is 0.388 e. The van der Waals surface area contributed by atoms with E-state index in [-0.39, 0.29) is 11.8 Å². The summed E-state index contributed by atoms with van der Waals surface area (Å²) in [6, 6.07) is 0. The van der Waals surface area contributed by atoms with Crippen LogP contribution < -0.4 is 11.1 Å². The maximum atomic E-state index is 11.3. The van der Waals surface area contributed by atoms with E-state index < -0.39 is 0 Å². The van der Waals surface area contributed by atoms with Crippen molar-refractivity contribution in [3.05, 3.63) is 36.1 Å². The number of nitrogens with two attached hydrogens (primary N) is 1. The third kappa shape index (κ3) is 9.28. The van der Waals surface area contributed by atoms with E-state index in [1.54, 1.807) is 0 Å².